The molecule has 0 bridgehead atoms. The summed E-state index contributed by atoms with van der Waals surface area (Å²) in [7, 11) is 0. The van der Waals surface area contributed by atoms with Gasteiger partial charge in [-0.25, -0.2) is 0 Å². The summed E-state index contributed by atoms with van der Waals surface area (Å²) in [5, 5.41) is 16.7. The summed E-state index contributed by atoms with van der Waals surface area (Å²) in [6.45, 7) is 0.466. The number of nitrogens with one attached hydrogen (secondary N) is 1. The molecule has 4 nitrogen and oxygen atoms in total. The molecule has 30 heavy (non-hydrogen) atoms. The molecule has 4 aromatic rings. The number of nitriles is 1. The van der Waals surface area contributed by atoms with Crippen LogP contribution in [0.4, 0.5) is 0 Å². The van der Waals surface area contributed by atoms with Crippen LogP contribution < -0.4 is 5.32 Å². The van der Waals surface area contributed by atoms with Gasteiger partial charge in [-0.3, -0.25) is 9.78 Å². The Balaban J connectivity index is 1.49. The number of thiophene rings is 1. The number of carbonyl (C=O) groups is 1. The largest absolute Gasteiger partial charge is 0.351 e. The Morgan fingerprint density at radius 2 is 1.90 bits per heavy atom. The maximum atomic E-state index is 12.4. The number of pyridine rings is 1. The number of hydrogen-bond donors (Lipinski definition) is 1. The van der Waals surface area contributed by atoms with Crippen molar-refractivity contribution in [3.05, 3.63) is 94.5 Å². The molecular weight excluding hydrogens is 390 g/mol. The highest BCUT2D eigenvalue weighted by Gasteiger charge is 2.11. The highest BCUT2D eigenvalue weighted by Crippen LogP contribution is 2.32. The second kappa shape index (κ2) is 9.17. The van der Waals surface area contributed by atoms with E-state index in [4.69, 9.17) is 0 Å². The Kier molecular flexibility index (Phi) is 5.98. The Labute approximate surface area is 179 Å². The smallest absolute Gasteiger partial charge is 0.261 e. The third kappa shape index (κ3) is 4.45. The van der Waals surface area contributed by atoms with E-state index in [1.54, 1.807) is 18.5 Å². The van der Waals surface area contributed by atoms with Gasteiger partial charge < -0.3 is 5.32 Å². The summed E-state index contributed by atoms with van der Waals surface area (Å²) >= 11 is 1.52. The third-order valence-electron chi connectivity index (χ3n) is 4.82. The van der Waals surface area contributed by atoms with Gasteiger partial charge in [-0.1, -0.05) is 42.5 Å². The average molecular weight is 410 g/mol. The molecule has 1 amide bonds. The predicted octanol–water partition coefficient (Wildman–Crippen LogP) is 5.23. The predicted molar refractivity (Wildman–Crippen MR) is 122 cm³/mol. The van der Waals surface area contributed by atoms with Gasteiger partial charge in [-0.2, -0.15) is 5.26 Å². The van der Waals surface area contributed by atoms with Crippen LogP contribution in [0.5, 0.6) is 0 Å². The molecule has 2 heterocycles. The van der Waals surface area contributed by atoms with E-state index in [0.717, 1.165) is 21.6 Å². The maximum absolute atomic E-state index is 12.4. The van der Waals surface area contributed by atoms with Crippen LogP contribution in [0.3, 0.4) is 0 Å². The fraction of sp³-hybridized carbons (Fsp3) is 0.0800. The van der Waals surface area contributed by atoms with Crippen LogP contribution in [0.25, 0.3) is 28.0 Å². The Hall–Kier alpha value is -3.75. The number of amides is 1. The molecule has 0 fully saturated rings. The van der Waals surface area contributed by atoms with E-state index in [2.05, 4.69) is 39.9 Å². The third-order valence-corrected chi connectivity index (χ3v) is 5.70. The van der Waals surface area contributed by atoms with Crippen molar-refractivity contribution in [2.75, 3.05) is 6.54 Å². The van der Waals surface area contributed by atoms with Crippen LogP contribution in [-0.4, -0.2) is 17.4 Å². The van der Waals surface area contributed by atoms with E-state index in [1.165, 1.54) is 22.1 Å². The number of hydrogen-bond acceptors (Lipinski definition) is 4. The topological polar surface area (TPSA) is 65.8 Å². The van der Waals surface area contributed by atoms with E-state index >= 15 is 0 Å². The normalized spacial score (nSPS) is 11.2. The number of aromatic nitrogens is 1. The van der Waals surface area contributed by atoms with Crippen LogP contribution in [0.1, 0.15) is 10.4 Å². The van der Waals surface area contributed by atoms with Gasteiger partial charge in [0.25, 0.3) is 5.91 Å². The number of carbonyl (C=O) groups excluding carboxylic acids is 1. The van der Waals surface area contributed by atoms with E-state index < -0.39 is 0 Å². The quantitative estimate of drug-likeness (QED) is 0.350. The molecule has 0 unspecified atom stereocenters. The summed E-state index contributed by atoms with van der Waals surface area (Å²) in [4.78, 5) is 17.3. The zero-order chi connectivity index (χ0) is 20.8. The number of nitrogens with zero attached hydrogens (tertiary/aromatic N) is 2. The molecule has 0 radical (unpaired) electrons. The Morgan fingerprint density at radius 1 is 1.10 bits per heavy atom. The molecule has 0 atom stereocenters. The van der Waals surface area contributed by atoms with E-state index in [0.29, 0.717) is 13.0 Å². The molecule has 5 heteroatoms. The van der Waals surface area contributed by atoms with Crippen molar-refractivity contribution in [3.8, 4) is 17.2 Å². The van der Waals surface area contributed by atoms with Gasteiger partial charge >= 0.3 is 0 Å². The molecule has 2 aromatic carbocycles. The first-order valence-electron chi connectivity index (χ1n) is 9.60. The fourth-order valence-electron chi connectivity index (χ4n) is 3.30. The zero-order valence-electron chi connectivity index (χ0n) is 16.2. The highest BCUT2D eigenvalue weighted by atomic mass is 32.1. The highest BCUT2D eigenvalue weighted by molar-refractivity contribution is 7.11. The van der Waals surface area contributed by atoms with Gasteiger partial charge in [0.05, 0.1) is 0 Å². The van der Waals surface area contributed by atoms with Crippen molar-refractivity contribution in [1.82, 2.24) is 10.3 Å². The lowest BCUT2D eigenvalue weighted by molar-refractivity contribution is -0.117. The first kappa shape index (κ1) is 19.6. The van der Waals surface area contributed by atoms with Crippen molar-refractivity contribution in [2.24, 2.45) is 0 Å². The molecular formula is C25H19N3OS. The molecule has 0 saturated heterocycles. The molecule has 1 N–H and O–H groups in total. The second-order valence-electron chi connectivity index (χ2n) is 6.80. The SMILES string of the molecule is N#C/C(=C\c1cc(-c2cccc3ccccc23)cs1)C(=O)NCCc1ccncc1. The van der Waals surface area contributed by atoms with Crippen LogP contribution in [-0.2, 0) is 11.2 Å². The van der Waals surface area contributed by atoms with Crippen LogP contribution in [0.2, 0.25) is 0 Å². The molecule has 2 aromatic heterocycles. The van der Waals surface area contributed by atoms with Crippen LogP contribution in [0, 0.1) is 11.3 Å². The lowest BCUT2D eigenvalue weighted by atomic mass is 10.00. The molecule has 0 aliphatic carbocycles. The van der Waals surface area contributed by atoms with E-state index in [1.807, 2.05) is 42.5 Å². The molecule has 0 aliphatic rings. The van der Waals surface area contributed by atoms with Crippen molar-refractivity contribution in [3.63, 3.8) is 0 Å². The molecule has 146 valence electrons. The van der Waals surface area contributed by atoms with Crippen LogP contribution >= 0.6 is 11.3 Å². The molecule has 0 spiro atoms. The van der Waals surface area contributed by atoms with Gasteiger partial charge in [0.15, 0.2) is 0 Å². The van der Waals surface area contributed by atoms with Crippen molar-refractivity contribution < 1.29 is 4.79 Å². The Bertz CT molecular complexity index is 1250. The second-order valence-corrected chi connectivity index (χ2v) is 7.74. The van der Waals surface area contributed by atoms with Gasteiger partial charge in [-0.15, -0.1) is 11.3 Å². The van der Waals surface area contributed by atoms with Crippen molar-refractivity contribution in [2.45, 2.75) is 6.42 Å². The lowest BCUT2D eigenvalue weighted by Gasteiger charge is -2.04. The summed E-state index contributed by atoms with van der Waals surface area (Å²) in [6, 6.07) is 22.4. The molecule has 0 aliphatic heterocycles. The minimum atomic E-state index is -0.355. The molecule has 4 rings (SSSR count). The zero-order valence-corrected chi connectivity index (χ0v) is 17.0. The van der Waals surface area contributed by atoms with Crippen molar-refractivity contribution in [1.29, 1.82) is 5.26 Å². The summed E-state index contributed by atoms with van der Waals surface area (Å²) in [6.07, 6.45) is 5.79. The molecule has 0 saturated carbocycles. The first-order valence-corrected chi connectivity index (χ1v) is 10.5. The van der Waals surface area contributed by atoms with E-state index in [9.17, 15) is 10.1 Å². The Morgan fingerprint density at radius 3 is 2.73 bits per heavy atom. The summed E-state index contributed by atoms with van der Waals surface area (Å²) in [5.41, 5.74) is 3.42. The minimum absolute atomic E-state index is 0.107. The minimum Gasteiger partial charge on any atom is -0.351 e. The first-order chi connectivity index (χ1) is 14.7. The monoisotopic (exact) mass is 409 g/mol. The average Bonchev–Trinajstić information content (AvgIpc) is 3.26. The standard InChI is InChI=1S/C25H19N3OS/c26-16-20(25(29)28-13-10-18-8-11-27-12-9-18)14-22-15-21(17-30-22)24-7-3-5-19-4-1-2-6-23(19)24/h1-9,11-12,14-15,17H,10,13H2,(H,28,29)/b20-14+. The van der Waals surface area contributed by atoms with Crippen LogP contribution in [0.15, 0.2) is 84.0 Å². The van der Waals surface area contributed by atoms with E-state index in [-0.39, 0.29) is 11.5 Å². The summed E-state index contributed by atoms with van der Waals surface area (Å²) in [5.74, 6) is -0.355. The fourth-order valence-corrected chi connectivity index (χ4v) is 4.14. The number of rotatable bonds is 6. The lowest BCUT2D eigenvalue weighted by Crippen LogP contribution is -2.26. The van der Waals surface area contributed by atoms with Gasteiger partial charge in [0.1, 0.15) is 11.6 Å². The van der Waals surface area contributed by atoms with Gasteiger partial charge in [0.2, 0.25) is 0 Å². The number of benzene rings is 2. The summed E-state index contributed by atoms with van der Waals surface area (Å²) < 4.78 is 0. The van der Waals surface area contributed by atoms with Gasteiger partial charge in [0, 0.05) is 23.8 Å². The van der Waals surface area contributed by atoms with Crippen molar-refractivity contribution >= 4 is 34.1 Å². The van der Waals surface area contributed by atoms with Gasteiger partial charge in [-0.05, 0) is 63.5 Å². The maximum Gasteiger partial charge on any atom is 0.261 e. The number of fused-ring (bicyclic) bond motifs is 1.